The lowest BCUT2D eigenvalue weighted by molar-refractivity contribution is -0.139. The normalized spacial score (nSPS) is 31.8. The van der Waals surface area contributed by atoms with Gasteiger partial charge in [-0.1, -0.05) is 6.42 Å². The summed E-state index contributed by atoms with van der Waals surface area (Å²) in [5.41, 5.74) is 6.37. The number of fused-ring (bicyclic) bond motifs is 2. The predicted molar refractivity (Wildman–Crippen MR) is 104 cm³/mol. The van der Waals surface area contributed by atoms with Gasteiger partial charge in [-0.05, 0) is 62.5 Å². The molecule has 0 radical (unpaired) electrons. The van der Waals surface area contributed by atoms with Crippen LogP contribution in [0, 0.1) is 17.8 Å². The fourth-order valence-corrected chi connectivity index (χ4v) is 5.08. The van der Waals surface area contributed by atoms with Gasteiger partial charge in [-0.15, -0.1) is 17.5 Å². The van der Waals surface area contributed by atoms with Crippen LogP contribution >= 0.6 is 12.4 Å². The Morgan fingerprint density at radius 1 is 1.15 bits per heavy atom. The monoisotopic (exact) mass is 379 g/mol. The molecular formula is C19H30ClN5O. The lowest BCUT2D eigenvalue weighted by Crippen LogP contribution is -2.51. The Morgan fingerprint density at radius 2 is 1.85 bits per heavy atom. The second kappa shape index (κ2) is 8.53. The van der Waals surface area contributed by atoms with Crippen molar-refractivity contribution in [2.75, 3.05) is 18.4 Å². The summed E-state index contributed by atoms with van der Waals surface area (Å²) in [7, 11) is 0. The molecule has 1 amide bonds. The highest BCUT2D eigenvalue weighted by Gasteiger charge is 2.41. The highest BCUT2D eigenvalue weighted by molar-refractivity contribution is 5.85. The zero-order valence-corrected chi connectivity index (χ0v) is 16.0. The van der Waals surface area contributed by atoms with E-state index in [1.807, 2.05) is 12.1 Å². The van der Waals surface area contributed by atoms with Crippen LogP contribution in [0.1, 0.15) is 44.9 Å². The largest absolute Gasteiger partial charge is 0.366 e. The van der Waals surface area contributed by atoms with Gasteiger partial charge in [0.15, 0.2) is 0 Å². The van der Waals surface area contributed by atoms with Crippen molar-refractivity contribution in [1.82, 2.24) is 15.1 Å². The average molecular weight is 380 g/mol. The van der Waals surface area contributed by atoms with Gasteiger partial charge >= 0.3 is 0 Å². The molecule has 0 spiro atoms. The second-order valence-corrected chi connectivity index (χ2v) is 8.05. The molecule has 1 aliphatic heterocycles. The third-order valence-electron chi connectivity index (χ3n) is 6.49. The first-order valence-electron chi connectivity index (χ1n) is 9.79. The van der Waals surface area contributed by atoms with E-state index >= 15 is 0 Å². The zero-order valence-electron chi connectivity index (χ0n) is 15.2. The number of nitrogens with two attached hydrogens (primary N) is 1. The molecule has 2 unspecified atom stereocenters. The second-order valence-electron chi connectivity index (χ2n) is 8.05. The number of likely N-dealkylation sites (tertiary alicyclic amines) is 1. The molecule has 2 aliphatic carbocycles. The number of hydrogen-bond donors (Lipinski definition) is 2. The number of rotatable bonds is 3. The van der Waals surface area contributed by atoms with Gasteiger partial charge in [0.05, 0.1) is 0 Å². The quantitative estimate of drug-likeness (QED) is 0.842. The molecule has 6 nitrogen and oxygen atoms in total. The van der Waals surface area contributed by atoms with Crippen molar-refractivity contribution in [3.8, 4) is 0 Å². The summed E-state index contributed by atoms with van der Waals surface area (Å²) in [4.78, 5) is 15.1. The number of nitrogens with zero attached hydrogens (tertiary/aromatic N) is 3. The van der Waals surface area contributed by atoms with Gasteiger partial charge in [0.25, 0.3) is 0 Å². The number of hydrogen-bond acceptors (Lipinski definition) is 5. The van der Waals surface area contributed by atoms with E-state index in [4.69, 9.17) is 5.73 Å². The Kier molecular flexibility index (Phi) is 6.35. The van der Waals surface area contributed by atoms with Crippen LogP contribution in [0.3, 0.4) is 0 Å². The molecule has 2 saturated carbocycles. The third kappa shape index (κ3) is 4.12. The molecule has 0 aromatic carbocycles. The van der Waals surface area contributed by atoms with Gasteiger partial charge in [0.1, 0.15) is 5.82 Å². The van der Waals surface area contributed by atoms with Crippen LogP contribution in [-0.2, 0) is 4.79 Å². The van der Waals surface area contributed by atoms with Crippen LogP contribution < -0.4 is 11.1 Å². The minimum absolute atomic E-state index is 0. The standard InChI is InChI=1S/C19H29N5O.ClH/c20-18-13-3-1-4-14(18)12-15(11-13)19(25)24-9-6-16(7-10-24)22-17-5-2-8-21-23-17;/h2,5,8,13-16,18H,1,3-4,6-7,9-12,20H2,(H,22,23);1H. The van der Waals surface area contributed by atoms with Crippen LogP contribution in [0.4, 0.5) is 5.82 Å². The first-order chi connectivity index (χ1) is 12.2. The number of carbonyl (C=O) groups excluding carboxylic acids is 1. The Labute approximate surface area is 161 Å². The SMILES string of the molecule is Cl.NC1C2CCCC1CC(C(=O)N1CCC(Nc3cccnn3)CC1)C2. The number of amides is 1. The maximum atomic E-state index is 13.0. The van der Waals surface area contributed by atoms with Crippen LogP contribution in [0.5, 0.6) is 0 Å². The molecule has 2 heterocycles. The molecule has 7 heteroatoms. The fourth-order valence-electron chi connectivity index (χ4n) is 5.08. The lowest BCUT2D eigenvalue weighted by Gasteiger charge is -2.45. The van der Waals surface area contributed by atoms with Gasteiger partial charge in [-0.25, -0.2) is 0 Å². The minimum Gasteiger partial charge on any atom is -0.366 e. The smallest absolute Gasteiger partial charge is 0.225 e. The molecule has 3 N–H and O–H groups in total. The fraction of sp³-hybridized carbons (Fsp3) is 0.737. The summed E-state index contributed by atoms with van der Waals surface area (Å²) in [6.07, 6.45) is 9.36. The summed E-state index contributed by atoms with van der Waals surface area (Å²) in [6.45, 7) is 1.68. The summed E-state index contributed by atoms with van der Waals surface area (Å²) in [6, 6.07) is 4.53. The van der Waals surface area contributed by atoms with Crippen LogP contribution in [0.15, 0.2) is 18.3 Å². The van der Waals surface area contributed by atoms with E-state index in [-0.39, 0.29) is 18.3 Å². The number of carbonyl (C=O) groups is 1. The van der Waals surface area contributed by atoms with Crippen molar-refractivity contribution < 1.29 is 4.79 Å². The summed E-state index contributed by atoms with van der Waals surface area (Å²) < 4.78 is 0. The number of anilines is 1. The van der Waals surface area contributed by atoms with Crippen molar-refractivity contribution in [2.45, 2.75) is 57.0 Å². The maximum absolute atomic E-state index is 13.0. The summed E-state index contributed by atoms with van der Waals surface area (Å²) in [5.74, 6) is 2.54. The van der Waals surface area contributed by atoms with E-state index in [0.29, 0.717) is 29.8 Å². The van der Waals surface area contributed by atoms with E-state index < -0.39 is 0 Å². The number of nitrogens with one attached hydrogen (secondary N) is 1. The maximum Gasteiger partial charge on any atom is 0.225 e. The van der Waals surface area contributed by atoms with Crippen LogP contribution in [0.25, 0.3) is 0 Å². The van der Waals surface area contributed by atoms with E-state index in [1.165, 1.54) is 19.3 Å². The summed E-state index contributed by atoms with van der Waals surface area (Å²) >= 11 is 0. The number of piperidine rings is 1. The van der Waals surface area contributed by atoms with Gasteiger partial charge < -0.3 is 16.0 Å². The van der Waals surface area contributed by atoms with E-state index in [0.717, 1.165) is 44.6 Å². The average Bonchev–Trinajstić information content (AvgIpc) is 2.62. The van der Waals surface area contributed by atoms with Gasteiger partial charge in [-0.3, -0.25) is 4.79 Å². The van der Waals surface area contributed by atoms with E-state index in [1.54, 1.807) is 6.20 Å². The highest BCUT2D eigenvalue weighted by atomic mass is 35.5. The predicted octanol–water partition coefficient (Wildman–Crippen LogP) is 2.45. The first kappa shape index (κ1) is 19.4. The highest BCUT2D eigenvalue weighted by Crippen LogP contribution is 2.42. The summed E-state index contributed by atoms with van der Waals surface area (Å²) in [5, 5.41) is 11.4. The Morgan fingerprint density at radius 3 is 2.46 bits per heavy atom. The van der Waals surface area contributed by atoms with Gasteiger partial charge in [0, 0.05) is 37.3 Å². The molecule has 4 rings (SSSR count). The van der Waals surface area contributed by atoms with Gasteiger partial charge in [0.2, 0.25) is 5.91 Å². The van der Waals surface area contributed by atoms with E-state index in [2.05, 4.69) is 20.4 Å². The molecule has 144 valence electrons. The molecular weight excluding hydrogens is 350 g/mol. The first-order valence-corrected chi connectivity index (χ1v) is 9.79. The van der Waals surface area contributed by atoms with Crippen molar-refractivity contribution in [1.29, 1.82) is 0 Å². The lowest BCUT2D eigenvalue weighted by atomic mass is 9.65. The Bertz CT molecular complexity index is 579. The van der Waals surface area contributed by atoms with Crippen molar-refractivity contribution in [2.24, 2.45) is 23.5 Å². The van der Waals surface area contributed by atoms with Crippen molar-refractivity contribution >= 4 is 24.1 Å². The molecule has 1 aromatic heterocycles. The Balaban J connectivity index is 0.00000196. The van der Waals surface area contributed by atoms with Crippen molar-refractivity contribution in [3.63, 3.8) is 0 Å². The molecule has 2 atom stereocenters. The third-order valence-corrected chi connectivity index (χ3v) is 6.49. The molecule has 3 aliphatic rings. The van der Waals surface area contributed by atoms with E-state index in [9.17, 15) is 4.79 Å². The molecule has 3 fully saturated rings. The molecule has 2 bridgehead atoms. The van der Waals surface area contributed by atoms with Crippen LogP contribution in [0.2, 0.25) is 0 Å². The Hall–Kier alpha value is -1.40. The number of halogens is 1. The molecule has 1 saturated heterocycles. The molecule has 26 heavy (non-hydrogen) atoms. The van der Waals surface area contributed by atoms with Crippen molar-refractivity contribution in [3.05, 3.63) is 18.3 Å². The topological polar surface area (TPSA) is 84.1 Å². The van der Waals surface area contributed by atoms with Gasteiger partial charge in [-0.2, -0.15) is 5.10 Å². The zero-order chi connectivity index (χ0) is 17.2. The number of aromatic nitrogens is 2. The van der Waals surface area contributed by atoms with Crippen LogP contribution in [-0.4, -0.2) is 46.2 Å². The minimum atomic E-state index is 0. The molecule has 1 aromatic rings.